The fraction of sp³-hybridized carbons (Fsp3) is 0.389. The molecule has 1 amide bonds. The standard InChI is InChI=1S/C18H19NO5/c1-2-24-18(23)10-5-7-13(8-6-10)19-16(20)14-11-3-4-12(9-11)15(14)17(21)22/h3-8,11-12,14-15H,2,9H2,1H3,(H,19,20)(H,21,22)/t11-,12+,14+,15-/m0/s1. The topological polar surface area (TPSA) is 92.7 Å². The molecule has 0 aromatic heterocycles. The molecule has 1 aromatic carbocycles. The van der Waals surface area contributed by atoms with E-state index in [0.29, 0.717) is 17.9 Å². The second-order valence-corrected chi connectivity index (χ2v) is 6.13. The maximum atomic E-state index is 12.5. The molecule has 0 aliphatic heterocycles. The molecule has 3 rings (SSSR count). The van der Waals surface area contributed by atoms with Crippen molar-refractivity contribution in [2.24, 2.45) is 23.7 Å². The lowest BCUT2D eigenvalue weighted by atomic mass is 9.82. The highest BCUT2D eigenvalue weighted by atomic mass is 16.5. The van der Waals surface area contributed by atoms with Gasteiger partial charge >= 0.3 is 11.9 Å². The Morgan fingerprint density at radius 2 is 1.75 bits per heavy atom. The summed E-state index contributed by atoms with van der Waals surface area (Å²) in [4.78, 5) is 35.6. The predicted molar refractivity (Wildman–Crippen MR) is 86.4 cm³/mol. The molecule has 0 spiro atoms. The average molecular weight is 329 g/mol. The van der Waals surface area contributed by atoms with Gasteiger partial charge in [0.25, 0.3) is 0 Å². The van der Waals surface area contributed by atoms with Crippen LogP contribution in [0.1, 0.15) is 23.7 Å². The number of esters is 1. The number of rotatable bonds is 5. The summed E-state index contributed by atoms with van der Waals surface area (Å²) < 4.78 is 4.90. The lowest BCUT2D eigenvalue weighted by Gasteiger charge is -2.23. The molecule has 24 heavy (non-hydrogen) atoms. The molecule has 2 aliphatic carbocycles. The zero-order valence-electron chi connectivity index (χ0n) is 13.3. The van der Waals surface area contributed by atoms with Gasteiger partial charge in [-0.2, -0.15) is 0 Å². The number of allylic oxidation sites excluding steroid dienone is 2. The SMILES string of the molecule is CCOC(=O)c1ccc(NC(=O)[C@H]2[C@@H](C(=O)O)[C@@H]3C=C[C@H]2C3)cc1. The average Bonchev–Trinajstić information content (AvgIpc) is 3.16. The molecule has 2 aliphatic rings. The van der Waals surface area contributed by atoms with Crippen molar-refractivity contribution in [2.75, 3.05) is 11.9 Å². The van der Waals surface area contributed by atoms with Crippen LogP contribution in [0, 0.1) is 23.7 Å². The Balaban J connectivity index is 1.70. The summed E-state index contributed by atoms with van der Waals surface area (Å²) in [6.45, 7) is 2.03. The number of hydrogen-bond donors (Lipinski definition) is 2. The molecule has 0 heterocycles. The van der Waals surface area contributed by atoms with Gasteiger partial charge in [0.05, 0.1) is 24.0 Å². The Bertz CT molecular complexity index is 694. The fourth-order valence-electron chi connectivity index (χ4n) is 3.65. The number of benzene rings is 1. The smallest absolute Gasteiger partial charge is 0.338 e. The minimum Gasteiger partial charge on any atom is -0.481 e. The van der Waals surface area contributed by atoms with Gasteiger partial charge in [-0.3, -0.25) is 9.59 Å². The summed E-state index contributed by atoms with van der Waals surface area (Å²) in [5.74, 6) is -2.93. The van der Waals surface area contributed by atoms with Gasteiger partial charge in [-0.15, -0.1) is 0 Å². The first-order valence-electron chi connectivity index (χ1n) is 8.00. The zero-order chi connectivity index (χ0) is 17.3. The van der Waals surface area contributed by atoms with Gasteiger partial charge in [-0.25, -0.2) is 4.79 Å². The summed E-state index contributed by atoms with van der Waals surface area (Å²) in [6.07, 6.45) is 4.57. The molecule has 6 heteroatoms. The van der Waals surface area contributed by atoms with Crippen LogP contribution in [-0.2, 0) is 14.3 Å². The Labute approximate surface area is 139 Å². The number of aliphatic carboxylic acids is 1. The van der Waals surface area contributed by atoms with Crippen molar-refractivity contribution in [3.63, 3.8) is 0 Å². The first-order chi connectivity index (χ1) is 11.5. The Morgan fingerprint density at radius 1 is 1.12 bits per heavy atom. The Hall–Kier alpha value is -2.63. The summed E-state index contributed by atoms with van der Waals surface area (Å²) in [7, 11) is 0. The molecule has 0 radical (unpaired) electrons. The van der Waals surface area contributed by atoms with Gasteiger partial charge in [-0.1, -0.05) is 12.2 Å². The van der Waals surface area contributed by atoms with Gasteiger partial charge in [0.1, 0.15) is 0 Å². The van der Waals surface area contributed by atoms with Crippen LogP contribution in [0.4, 0.5) is 5.69 Å². The number of ether oxygens (including phenoxy) is 1. The summed E-state index contributed by atoms with van der Waals surface area (Å²) >= 11 is 0. The van der Waals surface area contributed by atoms with Crippen molar-refractivity contribution in [3.8, 4) is 0 Å². The lowest BCUT2D eigenvalue weighted by Crippen LogP contribution is -2.36. The van der Waals surface area contributed by atoms with Gasteiger partial charge in [0.15, 0.2) is 0 Å². The molecule has 126 valence electrons. The van der Waals surface area contributed by atoms with Crippen LogP contribution in [0.25, 0.3) is 0 Å². The van der Waals surface area contributed by atoms with E-state index < -0.39 is 23.8 Å². The summed E-state index contributed by atoms with van der Waals surface area (Å²) in [6, 6.07) is 6.37. The first-order valence-corrected chi connectivity index (χ1v) is 8.00. The van der Waals surface area contributed by atoms with E-state index in [2.05, 4.69) is 5.32 Å². The maximum absolute atomic E-state index is 12.5. The van der Waals surface area contributed by atoms with Gasteiger partial charge < -0.3 is 15.2 Å². The Morgan fingerprint density at radius 3 is 2.33 bits per heavy atom. The minimum absolute atomic E-state index is 0.0186. The molecule has 1 saturated carbocycles. The largest absolute Gasteiger partial charge is 0.481 e. The lowest BCUT2D eigenvalue weighted by molar-refractivity contribution is -0.146. The van der Waals surface area contributed by atoms with Crippen molar-refractivity contribution in [1.82, 2.24) is 0 Å². The molecule has 2 N–H and O–H groups in total. The van der Waals surface area contributed by atoms with E-state index in [9.17, 15) is 19.5 Å². The highest BCUT2D eigenvalue weighted by Gasteiger charge is 2.51. The third-order valence-corrected chi connectivity index (χ3v) is 4.71. The fourth-order valence-corrected chi connectivity index (χ4v) is 3.65. The molecule has 2 bridgehead atoms. The third-order valence-electron chi connectivity index (χ3n) is 4.71. The van der Waals surface area contributed by atoms with Crippen molar-refractivity contribution >= 4 is 23.5 Å². The van der Waals surface area contributed by atoms with E-state index in [1.807, 2.05) is 12.2 Å². The van der Waals surface area contributed by atoms with Crippen molar-refractivity contribution < 1.29 is 24.2 Å². The summed E-state index contributed by atoms with van der Waals surface area (Å²) in [5.41, 5.74) is 0.935. The monoisotopic (exact) mass is 329 g/mol. The molecule has 6 nitrogen and oxygen atoms in total. The van der Waals surface area contributed by atoms with Crippen LogP contribution in [-0.4, -0.2) is 29.6 Å². The normalized spacial score (nSPS) is 27.0. The molecule has 1 fully saturated rings. The van der Waals surface area contributed by atoms with Crippen molar-refractivity contribution in [2.45, 2.75) is 13.3 Å². The number of hydrogen-bond acceptors (Lipinski definition) is 4. The van der Waals surface area contributed by atoms with Gasteiger partial charge in [0.2, 0.25) is 5.91 Å². The number of amides is 1. The van der Waals surface area contributed by atoms with E-state index in [1.54, 1.807) is 31.2 Å². The minimum atomic E-state index is -0.926. The van der Waals surface area contributed by atoms with E-state index in [4.69, 9.17) is 4.74 Å². The van der Waals surface area contributed by atoms with Crippen LogP contribution in [0.5, 0.6) is 0 Å². The van der Waals surface area contributed by atoms with Gasteiger partial charge in [-0.05, 0) is 49.4 Å². The van der Waals surface area contributed by atoms with E-state index in [0.717, 1.165) is 6.42 Å². The predicted octanol–water partition coefficient (Wildman–Crippen LogP) is 2.32. The Kier molecular flexibility index (Phi) is 4.38. The number of nitrogens with one attached hydrogen (secondary N) is 1. The van der Waals surface area contributed by atoms with Crippen molar-refractivity contribution in [1.29, 1.82) is 0 Å². The number of carbonyl (C=O) groups is 3. The second-order valence-electron chi connectivity index (χ2n) is 6.13. The van der Waals surface area contributed by atoms with E-state index >= 15 is 0 Å². The quantitative estimate of drug-likeness (QED) is 0.639. The number of carboxylic acids is 1. The molecular weight excluding hydrogens is 310 g/mol. The summed E-state index contributed by atoms with van der Waals surface area (Å²) in [5, 5.41) is 12.2. The third kappa shape index (κ3) is 2.91. The van der Waals surface area contributed by atoms with Crippen LogP contribution in [0.2, 0.25) is 0 Å². The molecule has 1 aromatic rings. The number of fused-ring (bicyclic) bond motifs is 2. The molecule has 0 unspecified atom stereocenters. The van der Waals surface area contributed by atoms with Crippen molar-refractivity contribution in [3.05, 3.63) is 42.0 Å². The van der Waals surface area contributed by atoms with E-state index in [-0.39, 0.29) is 17.7 Å². The van der Waals surface area contributed by atoms with Crippen LogP contribution >= 0.6 is 0 Å². The number of anilines is 1. The molecule has 4 atom stereocenters. The second kappa shape index (κ2) is 6.47. The highest BCUT2D eigenvalue weighted by molar-refractivity contribution is 5.97. The van der Waals surface area contributed by atoms with Gasteiger partial charge in [0, 0.05) is 5.69 Å². The maximum Gasteiger partial charge on any atom is 0.338 e. The van der Waals surface area contributed by atoms with Crippen LogP contribution in [0.3, 0.4) is 0 Å². The molecular formula is C18H19NO5. The molecule has 0 saturated heterocycles. The van der Waals surface area contributed by atoms with Crippen LogP contribution < -0.4 is 5.32 Å². The highest BCUT2D eigenvalue weighted by Crippen LogP contribution is 2.48. The van der Waals surface area contributed by atoms with E-state index in [1.165, 1.54) is 0 Å². The van der Waals surface area contributed by atoms with Crippen LogP contribution in [0.15, 0.2) is 36.4 Å². The number of carbonyl (C=O) groups excluding carboxylic acids is 2. The zero-order valence-corrected chi connectivity index (χ0v) is 13.3. The number of carboxylic acid groups (broad SMARTS) is 1. The first kappa shape index (κ1) is 16.2.